The van der Waals surface area contributed by atoms with Gasteiger partial charge in [0, 0.05) is 6.54 Å². The van der Waals surface area contributed by atoms with Gasteiger partial charge < -0.3 is 14.8 Å². The Morgan fingerprint density at radius 2 is 1.38 bits per heavy atom. The molecule has 0 radical (unpaired) electrons. The number of benzene rings is 4. The minimum Gasteiger partial charge on any atom is -0.494 e. The van der Waals surface area contributed by atoms with Crippen molar-refractivity contribution in [1.29, 1.82) is 0 Å². The summed E-state index contributed by atoms with van der Waals surface area (Å²) in [4.78, 5) is 13.0. The smallest absolute Gasteiger partial charge is 0.264 e. The molecule has 0 fully saturated rings. The van der Waals surface area contributed by atoms with Crippen LogP contribution in [0.5, 0.6) is 11.5 Å². The molecule has 0 aliphatic carbocycles. The van der Waals surface area contributed by atoms with Crippen LogP contribution in [0.25, 0.3) is 0 Å². The molecular weight excluding hydrogens is 519 g/mol. The molecule has 39 heavy (non-hydrogen) atoms. The van der Waals surface area contributed by atoms with E-state index < -0.39 is 22.5 Å². The Morgan fingerprint density at radius 1 is 0.795 bits per heavy atom. The molecular formula is C30H29FN2O5S. The average Bonchev–Trinajstić information content (AvgIpc) is 2.96. The summed E-state index contributed by atoms with van der Waals surface area (Å²) in [6.07, 6.45) is 0. The lowest BCUT2D eigenvalue weighted by Gasteiger charge is -2.24. The van der Waals surface area contributed by atoms with Crippen molar-refractivity contribution in [1.82, 2.24) is 5.32 Å². The van der Waals surface area contributed by atoms with E-state index in [0.29, 0.717) is 30.4 Å². The fourth-order valence-electron chi connectivity index (χ4n) is 3.75. The molecule has 0 aliphatic rings. The van der Waals surface area contributed by atoms with Crippen molar-refractivity contribution in [3.8, 4) is 11.5 Å². The molecule has 0 heterocycles. The van der Waals surface area contributed by atoms with Crippen LogP contribution in [0.4, 0.5) is 10.1 Å². The van der Waals surface area contributed by atoms with Gasteiger partial charge in [-0.1, -0.05) is 42.5 Å². The number of rotatable bonds is 12. The molecule has 4 aromatic rings. The van der Waals surface area contributed by atoms with Crippen molar-refractivity contribution in [3.63, 3.8) is 0 Å². The van der Waals surface area contributed by atoms with E-state index in [4.69, 9.17) is 9.47 Å². The Balaban J connectivity index is 1.40. The second-order valence-corrected chi connectivity index (χ2v) is 10.4. The van der Waals surface area contributed by atoms with Gasteiger partial charge in [0.15, 0.2) is 0 Å². The summed E-state index contributed by atoms with van der Waals surface area (Å²) in [5, 5.41) is 2.79. The largest absolute Gasteiger partial charge is 0.494 e. The Hall–Kier alpha value is -4.37. The van der Waals surface area contributed by atoms with E-state index in [1.807, 2.05) is 19.1 Å². The first-order valence-corrected chi connectivity index (χ1v) is 13.8. The fraction of sp³-hybridized carbons (Fsp3) is 0.167. The van der Waals surface area contributed by atoms with Crippen LogP contribution in [0.15, 0.2) is 108 Å². The standard InChI is InChI=1S/C30H29FN2O5S/c1-2-37-27-18-14-26(15-19-27)33(39(35,36)29-6-4-3-5-7-29)21-30(34)32-20-23-10-16-28(17-11-23)38-22-24-8-12-25(31)13-9-24/h3-19H,2,20-22H2,1H3,(H,32,34). The predicted molar refractivity (Wildman–Crippen MR) is 148 cm³/mol. The third-order valence-electron chi connectivity index (χ3n) is 5.79. The number of nitrogens with one attached hydrogen (secondary N) is 1. The number of hydrogen-bond donors (Lipinski definition) is 1. The quantitative estimate of drug-likeness (QED) is 0.259. The van der Waals surface area contributed by atoms with Gasteiger partial charge in [-0.05, 0) is 78.7 Å². The number of nitrogens with zero attached hydrogens (tertiary/aromatic N) is 1. The summed E-state index contributed by atoms with van der Waals surface area (Å²) in [6, 6.07) is 27.8. The normalized spacial score (nSPS) is 11.0. The number of sulfonamides is 1. The minimum atomic E-state index is -4.00. The molecule has 202 valence electrons. The average molecular weight is 549 g/mol. The molecule has 1 N–H and O–H groups in total. The molecule has 0 aromatic heterocycles. The Labute approximate surface area is 227 Å². The van der Waals surface area contributed by atoms with E-state index in [1.54, 1.807) is 66.7 Å². The van der Waals surface area contributed by atoms with Crippen molar-refractivity contribution in [2.24, 2.45) is 0 Å². The Kier molecular flexibility index (Phi) is 9.17. The zero-order valence-corrected chi connectivity index (χ0v) is 22.2. The summed E-state index contributed by atoms with van der Waals surface area (Å²) >= 11 is 0. The Bertz CT molecular complexity index is 1460. The summed E-state index contributed by atoms with van der Waals surface area (Å²) in [5.41, 5.74) is 2.01. The first-order chi connectivity index (χ1) is 18.8. The van der Waals surface area contributed by atoms with Crippen LogP contribution in [0.2, 0.25) is 0 Å². The van der Waals surface area contributed by atoms with Crippen molar-refractivity contribution >= 4 is 21.6 Å². The number of carbonyl (C=O) groups is 1. The highest BCUT2D eigenvalue weighted by Gasteiger charge is 2.27. The molecule has 0 saturated heterocycles. The van der Waals surface area contributed by atoms with E-state index in [2.05, 4.69) is 5.32 Å². The highest BCUT2D eigenvalue weighted by Crippen LogP contribution is 2.26. The lowest BCUT2D eigenvalue weighted by Crippen LogP contribution is -2.40. The lowest BCUT2D eigenvalue weighted by molar-refractivity contribution is -0.119. The van der Waals surface area contributed by atoms with Gasteiger partial charge in [0.1, 0.15) is 30.5 Å². The zero-order valence-electron chi connectivity index (χ0n) is 21.4. The first-order valence-electron chi connectivity index (χ1n) is 12.4. The number of hydrogen-bond acceptors (Lipinski definition) is 5. The summed E-state index contributed by atoms with van der Waals surface area (Å²) in [5.74, 6) is 0.475. The molecule has 4 rings (SSSR count). The lowest BCUT2D eigenvalue weighted by atomic mass is 10.2. The monoisotopic (exact) mass is 548 g/mol. The van der Waals surface area contributed by atoms with Crippen molar-refractivity contribution in [3.05, 3.63) is 120 Å². The second kappa shape index (κ2) is 12.9. The number of amides is 1. The molecule has 0 atom stereocenters. The van der Waals surface area contributed by atoms with Gasteiger partial charge >= 0.3 is 0 Å². The van der Waals surface area contributed by atoms with Crippen LogP contribution < -0.4 is 19.1 Å². The maximum atomic E-state index is 13.5. The van der Waals surface area contributed by atoms with E-state index in [1.165, 1.54) is 24.3 Å². The van der Waals surface area contributed by atoms with E-state index >= 15 is 0 Å². The molecule has 0 saturated carbocycles. The number of carbonyl (C=O) groups excluding carboxylic acids is 1. The summed E-state index contributed by atoms with van der Waals surface area (Å²) in [7, 11) is -4.00. The first kappa shape index (κ1) is 27.7. The maximum absolute atomic E-state index is 13.5. The third-order valence-corrected chi connectivity index (χ3v) is 7.57. The molecule has 0 spiro atoms. The van der Waals surface area contributed by atoms with E-state index in [-0.39, 0.29) is 17.3 Å². The molecule has 0 bridgehead atoms. The molecule has 7 nitrogen and oxygen atoms in total. The van der Waals surface area contributed by atoms with Gasteiger partial charge in [-0.3, -0.25) is 9.10 Å². The van der Waals surface area contributed by atoms with Crippen LogP contribution in [0, 0.1) is 5.82 Å². The van der Waals surface area contributed by atoms with Crippen LogP contribution in [-0.2, 0) is 28.0 Å². The van der Waals surface area contributed by atoms with Gasteiger partial charge in [0.25, 0.3) is 10.0 Å². The van der Waals surface area contributed by atoms with Gasteiger partial charge in [0.2, 0.25) is 5.91 Å². The number of ether oxygens (including phenoxy) is 2. The molecule has 4 aromatic carbocycles. The zero-order chi connectivity index (χ0) is 27.7. The number of halogens is 1. The third kappa shape index (κ3) is 7.58. The van der Waals surface area contributed by atoms with Gasteiger partial charge in [-0.2, -0.15) is 0 Å². The van der Waals surface area contributed by atoms with Crippen molar-refractivity contribution in [2.75, 3.05) is 17.5 Å². The topological polar surface area (TPSA) is 84.9 Å². The van der Waals surface area contributed by atoms with Crippen molar-refractivity contribution in [2.45, 2.75) is 25.0 Å². The molecule has 1 amide bonds. The molecule has 0 unspecified atom stereocenters. The Morgan fingerprint density at radius 3 is 2.03 bits per heavy atom. The summed E-state index contributed by atoms with van der Waals surface area (Å²) in [6.45, 7) is 2.45. The minimum absolute atomic E-state index is 0.0860. The number of anilines is 1. The maximum Gasteiger partial charge on any atom is 0.264 e. The van der Waals surface area contributed by atoms with Gasteiger partial charge in [0.05, 0.1) is 17.2 Å². The van der Waals surface area contributed by atoms with Gasteiger partial charge in [-0.25, -0.2) is 12.8 Å². The highest BCUT2D eigenvalue weighted by atomic mass is 32.2. The second-order valence-electron chi connectivity index (χ2n) is 8.59. The van der Waals surface area contributed by atoms with Crippen molar-refractivity contribution < 1.29 is 27.1 Å². The van der Waals surface area contributed by atoms with Gasteiger partial charge in [-0.15, -0.1) is 0 Å². The van der Waals surface area contributed by atoms with Crippen LogP contribution >= 0.6 is 0 Å². The SMILES string of the molecule is CCOc1ccc(N(CC(=O)NCc2ccc(OCc3ccc(F)cc3)cc2)S(=O)(=O)c2ccccc2)cc1. The van der Waals surface area contributed by atoms with E-state index in [9.17, 15) is 17.6 Å². The summed E-state index contributed by atoms with van der Waals surface area (Å²) < 4.78 is 52.2. The van der Waals surface area contributed by atoms with Crippen LogP contribution in [0.1, 0.15) is 18.1 Å². The van der Waals surface area contributed by atoms with Crippen LogP contribution in [0.3, 0.4) is 0 Å². The molecule has 0 aliphatic heterocycles. The predicted octanol–water partition coefficient (Wildman–Crippen LogP) is 5.32. The fourth-order valence-corrected chi connectivity index (χ4v) is 5.19. The van der Waals surface area contributed by atoms with Crippen LogP contribution in [-0.4, -0.2) is 27.5 Å². The molecule has 9 heteroatoms. The van der Waals surface area contributed by atoms with E-state index in [0.717, 1.165) is 15.4 Å². The highest BCUT2D eigenvalue weighted by molar-refractivity contribution is 7.92.